The molecule has 0 bridgehead atoms. The van der Waals surface area contributed by atoms with Crippen LogP contribution in [0.2, 0.25) is 0 Å². The first-order valence-electron chi connectivity index (χ1n) is 3.56. The van der Waals surface area contributed by atoms with E-state index in [1.54, 1.807) is 0 Å². The number of nitrogens with one attached hydrogen (secondary N) is 1. The van der Waals surface area contributed by atoms with Crippen LogP contribution in [0.15, 0.2) is 5.10 Å². The Bertz CT molecular complexity index is 152. The molecular weight excluding hydrogens is 128 g/mol. The van der Waals surface area contributed by atoms with Gasteiger partial charge in [-0.2, -0.15) is 5.10 Å². The predicted octanol–water partition coefficient (Wildman–Crippen LogP) is 1.15. The largest absolute Gasteiger partial charge is 0.272 e. The Kier molecular flexibility index (Phi) is 3.69. The van der Waals surface area contributed by atoms with Crippen LogP contribution >= 0.6 is 0 Å². The summed E-state index contributed by atoms with van der Waals surface area (Å²) < 4.78 is 0. The minimum absolute atomic E-state index is 0.00231. The summed E-state index contributed by atoms with van der Waals surface area (Å²) >= 11 is 0. The van der Waals surface area contributed by atoms with Crippen molar-refractivity contribution in [2.45, 2.75) is 27.7 Å². The molecule has 0 radical (unpaired) electrons. The van der Waals surface area contributed by atoms with Crippen LogP contribution in [-0.4, -0.2) is 11.6 Å². The molecule has 0 aromatic carbocycles. The van der Waals surface area contributed by atoms with Crippen LogP contribution in [0.5, 0.6) is 0 Å². The minimum Gasteiger partial charge on any atom is -0.272 e. The van der Waals surface area contributed by atoms with Crippen molar-refractivity contribution in [2.24, 2.45) is 11.0 Å². The molecule has 0 saturated heterocycles. The van der Waals surface area contributed by atoms with Crippen molar-refractivity contribution in [3.8, 4) is 0 Å². The second-order valence-corrected chi connectivity index (χ2v) is 1.95. The van der Waals surface area contributed by atoms with Crippen LogP contribution < -0.4 is 5.43 Å². The lowest BCUT2D eigenvalue weighted by Crippen LogP contribution is -2.18. The highest BCUT2D eigenvalue weighted by Crippen LogP contribution is 2.03. The van der Waals surface area contributed by atoms with E-state index in [4.69, 9.17) is 0 Å². The Morgan fingerprint density at radius 2 is 2.00 bits per heavy atom. The Hall–Kier alpha value is -0.860. The van der Waals surface area contributed by atoms with Gasteiger partial charge in [0.05, 0.1) is 5.92 Å². The maximum absolute atomic E-state index is 10.6. The van der Waals surface area contributed by atoms with E-state index < -0.39 is 0 Å². The van der Waals surface area contributed by atoms with Gasteiger partial charge >= 0.3 is 0 Å². The van der Waals surface area contributed by atoms with E-state index in [2.05, 4.69) is 10.5 Å². The van der Waals surface area contributed by atoms with E-state index in [1.165, 1.54) is 0 Å². The molecular formula is C7H14N2O. The van der Waals surface area contributed by atoms with Gasteiger partial charge in [0.1, 0.15) is 0 Å². The summed E-state index contributed by atoms with van der Waals surface area (Å²) in [5.41, 5.74) is 3.24. The maximum atomic E-state index is 10.6. The monoisotopic (exact) mass is 142 g/mol. The average molecular weight is 142 g/mol. The number of carbonyl (C=O) groups is 1. The van der Waals surface area contributed by atoms with Crippen LogP contribution in [-0.2, 0) is 4.79 Å². The van der Waals surface area contributed by atoms with Crippen molar-refractivity contribution in [2.75, 3.05) is 0 Å². The van der Waals surface area contributed by atoms with Crippen molar-refractivity contribution in [1.82, 2.24) is 5.43 Å². The summed E-state index contributed by atoms with van der Waals surface area (Å²) in [5.74, 6) is -0.0162. The standard InChI is InChI=1S/C5H8N2O.C2H6/c1-3-4(2)6-7-5(3)8;1-2/h3H,1-2H3,(H,7,8);1-2H3. The van der Waals surface area contributed by atoms with Crippen LogP contribution in [0, 0.1) is 5.92 Å². The summed E-state index contributed by atoms with van der Waals surface area (Å²) in [6.45, 7) is 7.67. The second-order valence-electron chi connectivity index (χ2n) is 1.95. The van der Waals surface area contributed by atoms with E-state index in [1.807, 2.05) is 27.7 Å². The molecule has 1 N–H and O–H groups in total. The Morgan fingerprint density at radius 1 is 1.50 bits per heavy atom. The van der Waals surface area contributed by atoms with E-state index >= 15 is 0 Å². The molecule has 1 aliphatic rings. The number of hydrazone groups is 1. The molecule has 1 aliphatic heterocycles. The molecule has 10 heavy (non-hydrogen) atoms. The fraction of sp³-hybridized carbons (Fsp3) is 0.714. The first-order chi connectivity index (χ1) is 4.72. The van der Waals surface area contributed by atoms with E-state index in [9.17, 15) is 4.79 Å². The van der Waals surface area contributed by atoms with Crippen molar-refractivity contribution >= 4 is 11.6 Å². The third kappa shape index (κ3) is 1.83. The number of hydrogen-bond acceptors (Lipinski definition) is 2. The van der Waals surface area contributed by atoms with Crippen LogP contribution in [0.4, 0.5) is 0 Å². The van der Waals surface area contributed by atoms with Gasteiger partial charge in [0.25, 0.3) is 0 Å². The summed E-state index contributed by atoms with van der Waals surface area (Å²) in [5, 5.41) is 3.72. The zero-order chi connectivity index (χ0) is 8.15. The molecule has 58 valence electrons. The summed E-state index contributed by atoms with van der Waals surface area (Å²) in [7, 11) is 0. The van der Waals surface area contributed by atoms with Gasteiger partial charge in [0, 0.05) is 5.71 Å². The highest BCUT2D eigenvalue weighted by Gasteiger charge is 2.20. The Labute approximate surface area is 61.5 Å². The van der Waals surface area contributed by atoms with Gasteiger partial charge in [-0.1, -0.05) is 13.8 Å². The molecule has 0 aliphatic carbocycles. The molecule has 1 heterocycles. The molecule has 0 spiro atoms. The lowest BCUT2D eigenvalue weighted by molar-refractivity contribution is -0.121. The zero-order valence-electron chi connectivity index (χ0n) is 6.93. The quantitative estimate of drug-likeness (QED) is 0.541. The van der Waals surface area contributed by atoms with Gasteiger partial charge < -0.3 is 0 Å². The van der Waals surface area contributed by atoms with Crippen LogP contribution in [0.3, 0.4) is 0 Å². The van der Waals surface area contributed by atoms with Gasteiger partial charge in [0.2, 0.25) is 5.91 Å². The molecule has 3 heteroatoms. The van der Waals surface area contributed by atoms with Crippen LogP contribution in [0.1, 0.15) is 27.7 Å². The number of hydrogen-bond donors (Lipinski definition) is 1. The number of carbonyl (C=O) groups excluding carboxylic acids is 1. The highest BCUT2D eigenvalue weighted by atomic mass is 16.2. The van der Waals surface area contributed by atoms with Crippen LogP contribution in [0.25, 0.3) is 0 Å². The third-order valence-electron chi connectivity index (χ3n) is 1.36. The Balaban J connectivity index is 0.000000371. The summed E-state index contributed by atoms with van der Waals surface area (Å²) in [4.78, 5) is 10.6. The predicted molar refractivity (Wildman–Crippen MR) is 41.8 cm³/mol. The lowest BCUT2D eigenvalue weighted by atomic mass is 10.1. The molecule has 0 aromatic rings. The number of rotatable bonds is 0. The second kappa shape index (κ2) is 4.04. The molecule has 3 nitrogen and oxygen atoms in total. The van der Waals surface area contributed by atoms with Gasteiger partial charge in [0.15, 0.2) is 0 Å². The van der Waals surface area contributed by atoms with Crippen molar-refractivity contribution in [1.29, 1.82) is 0 Å². The van der Waals surface area contributed by atoms with Gasteiger partial charge in [-0.15, -0.1) is 0 Å². The molecule has 1 rings (SSSR count). The zero-order valence-corrected chi connectivity index (χ0v) is 6.93. The summed E-state index contributed by atoms with van der Waals surface area (Å²) in [6.07, 6.45) is 0. The van der Waals surface area contributed by atoms with E-state index in [0.717, 1.165) is 5.71 Å². The summed E-state index contributed by atoms with van der Waals surface area (Å²) in [6, 6.07) is 0. The SMILES string of the molecule is CC.CC1=NNC(=O)C1C. The molecule has 0 saturated carbocycles. The molecule has 1 atom stereocenters. The fourth-order valence-corrected chi connectivity index (χ4v) is 0.527. The topological polar surface area (TPSA) is 41.5 Å². The maximum Gasteiger partial charge on any atom is 0.248 e. The minimum atomic E-state index is -0.0185. The first-order valence-corrected chi connectivity index (χ1v) is 3.56. The van der Waals surface area contributed by atoms with E-state index in [0.29, 0.717) is 0 Å². The average Bonchev–Trinajstić information content (AvgIpc) is 2.25. The first kappa shape index (κ1) is 9.14. The van der Waals surface area contributed by atoms with Crippen molar-refractivity contribution in [3.63, 3.8) is 0 Å². The fourth-order valence-electron chi connectivity index (χ4n) is 0.527. The van der Waals surface area contributed by atoms with Crippen molar-refractivity contribution in [3.05, 3.63) is 0 Å². The molecule has 1 amide bonds. The highest BCUT2D eigenvalue weighted by molar-refractivity contribution is 6.06. The Morgan fingerprint density at radius 3 is 2.10 bits per heavy atom. The number of amides is 1. The van der Waals surface area contributed by atoms with Crippen molar-refractivity contribution < 1.29 is 4.79 Å². The van der Waals surface area contributed by atoms with Gasteiger partial charge in [-0.25, -0.2) is 5.43 Å². The molecule has 1 unspecified atom stereocenters. The van der Waals surface area contributed by atoms with Gasteiger partial charge in [-0.05, 0) is 13.8 Å². The van der Waals surface area contributed by atoms with E-state index in [-0.39, 0.29) is 11.8 Å². The normalized spacial score (nSPS) is 22.6. The van der Waals surface area contributed by atoms with Gasteiger partial charge in [-0.3, -0.25) is 4.79 Å². The molecule has 0 fully saturated rings. The lowest BCUT2D eigenvalue weighted by Gasteiger charge is -1.93. The molecule has 0 aromatic heterocycles. The smallest absolute Gasteiger partial charge is 0.248 e. The third-order valence-corrected chi connectivity index (χ3v) is 1.36. The number of nitrogens with zero attached hydrogens (tertiary/aromatic N) is 1.